The van der Waals surface area contributed by atoms with Gasteiger partial charge in [-0.15, -0.1) is 0 Å². The van der Waals surface area contributed by atoms with Crippen molar-refractivity contribution in [2.45, 2.75) is 59.4 Å². The molecule has 1 N–H and O–H groups in total. The number of ketones is 1. The third-order valence-corrected chi connectivity index (χ3v) is 5.97. The van der Waals surface area contributed by atoms with Crippen molar-refractivity contribution in [3.05, 3.63) is 53.0 Å². The maximum absolute atomic E-state index is 11.4. The summed E-state index contributed by atoms with van der Waals surface area (Å²) in [6.45, 7) is 8.02. The fraction of sp³-hybridized carbons (Fsp3) is 0.458. The van der Waals surface area contributed by atoms with E-state index in [0.717, 1.165) is 73.6 Å². The number of aryl methyl sites for hydroxylation is 3. The Balaban J connectivity index is 1.47. The van der Waals surface area contributed by atoms with Crippen molar-refractivity contribution in [2.24, 2.45) is 5.92 Å². The molecule has 0 saturated heterocycles. The van der Waals surface area contributed by atoms with Crippen LogP contribution in [-0.4, -0.2) is 26.9 Å². The highest BCUT2D eigenvalue weighted by Gasteiger charge is 2.18. The topological polar surface area (TPSA) is 59.8 Å². The minimum Gasteiger partial charge on any atom is -0.385 e. The van der Waals surface area contributed by atoms with Crippen molar-refractivity contribution >= 4 is 22.6 Å². The van der Waals surface area contributed by atoms with Crippen LogP contribution in [0.25, 0.3) is 11.2 Å². The molecule has 29 heavy (non-hydrogen) atoms. The number of nitrogens with zero attached hydrogens (tertiary/aromatic N) is 3. The molecule has 5 heteroatoms. The predicted molar refractivity (Wildman–Crippen MR) is 117 cm³/mol. The van der Waals surface area contributed by atoms with Gasteiger partial charge in [0.05, 0.1) is 6.54 Å². The molecule has 0 aliphatic heterocycles. The third kappa shape index (κ3) is 4.34. The lowest BCUT2D eigenvalue weighted by Crippen LogP contribution is -2.21. The number of hydrogen-bond donors (Lipinski definition) is 1. The zero-order chi connectivity index (χ0) is 20.4. The summed E-state index contributed by atoms with van der Waals surface area (Å²) in [5.74, 6) is 2.11. The molecule has 2 aromatic heterocycles. The lowest BCUT2D eigenvalue weighted by atomic mass is 9.88. The van der Waals surface area contributed by atoms with Gasteiger partial charge >= 0.3 is 0 Å². The summed E-state index contributed by atoms with van der Waals surface area (Å²) in [5, 5.41) is 3.54. The van der Waals surface area contributed by atoms with Gasteiger partial charge in [0.15, 0.2) is 5.65 Å². The number of hydrogen-bond acceptors (Lipinski definition) is 4. The number of imidazole rings is 1. The largest absolute Gasteiger partial charge is 0.385 e. The molecule has 1 saturated carbocycles. The zero-order valence-electron chi connectivity index (χ0n) is 17.7. The van der Waals surface area contributed by atoms with Crippen LogP contribution >= 0.6 is 0 Å². The Kier molecular flexibility index (Phi) is 5.65. The number of fused-ring (bicyclic) bond motifs is 1. The van der Waals surface area contributed by atoms with Crippen LogP contribution in [0.3, 0.4) is 0 Å². The average Bonchev–Trinajstić information content (AvgIpc) is 3.06. The van der Waals surface area contributed by atoms with Gasteiger partial charge in [-0.05, 0) is 61.9 Å². The summed E-state index contributed by atoms with van der Waals surface area (Å²) in [4.78, 5) is 21.0. The molecule has 0 atom stereocenters. The molecule has 5 nitrogen and oxygen atoms in total. The molecule has 2 heterocycles. The van der Waals surface area contributed by atoms with E-state index in [0.29, 0.717) is 11.7 Å². The fourth-order valence-corrected chi connectivity index (χ4v) is 4.26. The SMILES string of the molecule is CCc1nc2c(C)cc(C)nc2n1Cc1ccc(NCC2CCC(=O)CC2)cc1. The molecule has 0 spiro atoms. The maximum atomic E-state index is 11.4. The van der Waals surface area contributed by atoms with Crippen molar-refractivity contribution in [1.82, 2.24) is 14.5 Å². The standard InChI is InChI=1S/C24H30N4O/c1-4-22-27-23-16(2)13-17(3)26-24(23)28(22)15-19-5-9-20(10-6-19)25-14-18-7-11-21(29)12-8-18/h5-6,9-10,13,18,25H,4,7-8,11-12,14-15H2,1-3H3. The molecule has 1 aliphatic rings. The Bertz CT molecular complexity index is 1010. The summed E-state index contributed by atoms with van der Waals surface area (Å²) < 4.78 is 2.25. The van der Waals surface area contributed by atoms with Gasteiger partial charge in [-0.25, -0.2) is 9.97 Å². The predicted octanol–water partition coefficient (Wildman–Crippen LogP) is 4.83. The number of nitrogens with one attached hydrogen (secondary N) is 1. The second kappa shape index (κ2) is 8.36. The van der Waals surface area contributed by atoms with E-state index in [1.165, 1.54) is 11.1 Å². The Hall–Kier alpha value is -2.69. The van der Waals surface area contributed by atoms with Crippen molar-refractivity contribution in [3.63, 3.8) is 0 Å². The Labute approximate surface area is 172 Å². The molecule has 1 aliphatic carbocycles. The van der Waals surface area contributed by atoms with E-state index in [1.807, 2.05) is 6.92 Å². The number of rotatable bonds is 6. The van der Waals surface area contributed by atoms with Gasteiger partial charge in [-0.2, -0.15) is 0 Å². The minimum atomic E-state index is 0.420. The van der Waals surface area contributed by atoms with Crippen molar-refractivity contribution < 1.29 is 4.79 Å². The van der Waals surface area contributed by atoms with Crippen LogP contribution in [0.15, 0.2) is 30.3 Å². The quantitative estimate of drug-likeness (QED) is 0.655. The molecular formula is C24H30N4O. The van der Waals surface area contributed by atoms with Crippen LogP contribution in [0.4, 0.5) is 5.69 Å². The van der Waals surface area contributed by atoms with Crippen LogP contribution in [0.1, 0.15) is 55.3 Å². The maximum Gasteiger partial charge on any atom is 0.160 e. The highest BCUT2D eigenvalue weighted by molar-refractivity contribution is 5.79. The highest BCUT2D eigenvalue weighted by Crippen LogP contribution is 2.23. The number of pyridine rings is 1. The van der Waals surface area contributed by atoms with Gasteiger partial charge in [0, 0.05) is 37.2 Å². The van der Waals surface area contributed by atoms with E-state index in [1.54, 1.807) is 0 Å². The third-order valence-electron chi connectivity index (χ3n) is 5.97. The van der Waals surface area contributed by atoms with E-state index in [2.05, 4.69) is 54.1 Å². The van der Waals surface area contributed by atoms with Crippen LogP contribution in [0.5, 0.6) is 0 Å². The zero-order valence-corrected chi connectivity index (χ0v) is 17.7. The van der Waals surface area contributed by atoms with E-state index >= 15 is 0 Å². The second-order valence-corrected chi connectivity index (χ2v) is 8.28. The number of anilines is 1. The molecule has 1 fully saturated rings. The Morgan fingerprint density at radius 1 is 1.10 bits per heavy atom. The smallest absolute Gasteiger partial charge is 0.160 e. The van der Waals surface area contributed by atoms with Gasteiger partial charge in [-0.3, -0.25) is 4.79 Å². The summed E-state index contributed by atoms with van der Waals surface area (Å²) in [7, 11) is 0. The van der Waals surface area contributed by atoms with E-state index in [-0.39, 0.29) is 0 Å². The van der Waals surface area contributed by atoms with E-state index < -0.39 is 0 Å². The van der Waals surface area contributed by atoms with E-state index in [9.17, 15) is 4.79 Å². The molecule has 4 rings (SSSR count). The van der Waals surface area contributed by atoms with Crippen molar-refractivity contribution in [2.75, 3.05) is 11.9 Å². The van der Waals surface area contributed by atoms with Crippen LogP contribution in [0, 0.1) is 19.8 Å². The number of carbonyl (C=O) groups is 1. The molecule has 0 radical (unpaired) electrons. The highest BCUT2D eigenvalue weighted by atomic mass is 16.1. The van der Waals surface area contributed by atoms with Gasteiger partial charge in [-0.1, -0.05) is 19.1 Å². The number of carbonyl (C=O) groups excluding carboxylic acids is 1. The fourth-order valence-electron chi connectivity index (χ4n) is 4.26. The van der Waals surface area contributed by atoms with Crippen LogP contribution in [-0.2, 0) is 17.8 Å². The summed E-state index contributed by atoms with van der Waals surface area (Å²) >= 11 is 0. The van der Waals surface area contributed by atoms with Crippen molar-refractivity contribution in [1.29, 1.82) is 0 Å². The monoisotopic (exact) mass is 390 g/mol. The molecular weight excluding hydrogens is 360 g/mol. The first-order valence-corrected chi connectivity index (χ1v) is 10.7. The lowest BCUT2D eigenvalue weighted by Gasteiger charge is -2.21. The molecule has 0 amide bonds. The molecule has 152 valence electrons. The molecule has 0 bridgehead atoms. The van der Waals surface area contributed by atoms with Gasteiger partial charge in [0.1, 0.15) is 17.1 Å². The first-order chi connectivity index (χ1) is 14.0. The van der Waals surface area contributed by atoms with Gasteiger partial charge in [0.2, 0.25) is 0 Å². The van der Waals surface area contributed by atoms with Gasteiger partial charge < -0.3 is 9.88 Å². The van der Waals surface area contributed by atoms with Crippen molar-refractivity contribution in [3.8, 4) is 0 Å². The summed E-state index contributed by atoms with van der Waals surface area (Å²) in [5.41, 5.74) is 6.59. The Morgan fingerprint density at radius 3 is 2.52 bits per heavy atom. The normalized spacial score (nSPS) is 15.2. The summed E-state index contributed by atoms with van der Waals surface area (Å²) in [6.07, 6.45) is 4.42. The molecule has 0 unspecified atom stereocenters. The first kappa shape index (κ1) is 19.6. The second-order valence-electron chi connectivity index (χ2n) is 8.28. The average molecular weight is 391 g/mol. The molecule has 3 aromatic rings. The van der Waals surface area contributed by atoms with E-state index in [4.69, 9.17) is 9.97 Å². The lowest BCUT2D eigenvalue weighted by molar-refractivity contribution is -0.120. The first-order valence-electron chi connectivity index (χ1n) is 10.7. The molecule has 1 aromatic carbocycles. The summed E-state index contributed by atoms with van der Waals surface area (Å²) in [6, 6.07) is 10.8. The number of benzene rings is 1. The van der Waals surface area contributed by atoms with Crippen LogP contribution < -0.4 is 5.32 Å². The Morgan fingerprint density at radius 2 is 1.83 bits per heavy atom. The minimum absolute atomic E-state index is 0.420. The van der Waals surface area contributed by atoms with Crippen LogP contribution in [0.2, 0.25) is 0 Å². The number of aromatic nitrogens is 3. The van der Waals surface area contributed by atoms with Gasteiger partial charge in [0.25, 0.3) is 0 Å². The number of Topliss-reactive ketones (excluding diaryl/α,β-unsaturated/α-hetero) is 1.